The third kappa shape index (κ3) is 3.07. The molecule has 1 N–H and O–H groups in total. The first-order chi connectivity index (χ1) is 8.94. The minimum absolute atomic E-state index is 0.160. The summed E-state index contributed by atoms with van der Waals surface area (Å²) in [6.07, 6.45) is 1.02. The Morgan fingerprint density at radius 1 is 1.37 bits per heavy atom. The molecule has 0 atom stereocenters. The number of H-pyrrole nitrogens is 1. The number of benzene rings is 1. The van der Waals surface area contributed by atoms with Crippen LogP contribution in [0.25, 0.3) is 11.0 Å². The van der Waals surface area contributed by atoms with E-state index in [1.807, 2.05) is 0 Å². The SMILES string of the molecule is COCCC(C)(C)Cn1c(=S)[nH]c2c(C)cccc21. The molecule has 0 fully saturated rings. The zero-order valence-electron chi connectivity index (χ0n) is 12.1. The van der Waals surface area contributed by atoms with Crippen LogP contribution in [0.5, 0.6) is 0 Å². The molecule has 1 heterocycles. The van der Waals surface area contributed by atoms with Gasteiger partial charge in [-0.05, 0) is 42.6 Å². The monoisotopic (exact) mass is 278 g/mol. The minimum Gasteiger partial charge on any atom is -0.385 e. The molecule has 4 heteroatoms. The fraction of sp³-hybridized carbons (Fsp3) is 0.533. The highest BCUT2D eigenvalue weighted by molar-refractivity contribution is 7.71. The van der Waals surface area contributed by atoms with Gasteiger partial charge in [-0.15, -0.1) is 0 Å². The number of methoxy groups -OCH3 is 1. The average Bonchev–Trinajstić information content (AvgIpc) is 2.66. The summed E-state index contributed by atoms with van der Waals surface area (Å²) >= 11 is 5.47. The minimum atomic E-state index is 0.160. The molecule has 0 saturated carbocycles. The van der Waals surface area contributed by atoms with Crippen LogP contribution in [0, 0.1) is 17.1 Å². The van der Waals surface area contributed by atoms with Crippen LogP contribution in [0.4, 0.5) is 0 Å². The zero-order valence-corrected chi connectivity index (χ0v) is 12.9. The van der Waals surface area contributed by atoms with Crippen molar-refractivity contribution >= 4 is 23.3 Å². The van der Waals surface area contributed by atoms with E-state index in [9.17, 15) is 0 Å². The quantitative estimate of drug-likeness (QED) is 0.836. The molecule has 19 heavy (non-hydrogen) atoms. The molecule has 104 valence electrons. The summed E-state index contributed by atoms with van der Waals surface area (Å²) < 4.78 is 8.19. The molecule has 0 saturated heterocycles. The van der Waals surface area contributed by atoms with Gasteiger partial charge in [0.05, 0.1) is 11.0 Å². The zero-order chi connectivity index (χ0) is 14.0. The van der Waals surface area contributed by atoms with Gasteiger partial charge in [-0.1, -0.05) is 26.0 Å². The number of nitrogens with zero attached hydrogens (tertiary/aromatic N) is 1. The lowest BCUT2D eigenvalue weighted by Crippen LogP contribution is -2.21. The van der Waals surface area contributed by atoms with Crippen LogP contribution < -0.4 is 0 Å². The molecule has 1 aromatic heterocycles. The van der Waals surface area contributed by atoms with E-state index in [0.29, 0.717) is 0 Å². The first-order valence-electron chi connectivity index (χ1n) is 6.62. The van der Waals surface area contributed by atoms with Crippen molar-refractivity contribution in [1.82, 2.24) is 9.55 Å². The number of imidazole rings is 1. The highest BCUT2D eigenvalue weighted by atomic mass is 32.1. The molecule has 0 amide bonds. The second kappa shape index (κ2) is 5.47. The highest BCUT2D eigenvalue weighted by Gasteiger charge is 2.20. The summed E-state index contributed by atoms with van der Waals surface area (Å²) in [5.41, 5.74) is 3.73. The molecule has 0 aliphatic carbocycles. The Balaban J connectivity index is 2.38. The smallest absolute Gasteiger partial charge is 0.178 e. The topological polar surface area (TPSA) is 29.9 Å². The van der Waals surface area contributed by atoms with Gasteiger partial charge in [-0.3, -0.25) is 0 Å². The van der Waals surface area contributed by atoms with Crippen molar-refractivity contribution in [2.45, 2.75) is 33.7 Å². The van der Waals surface area contributed by atoms with Gasteiger partial charge in [0.1, 0.15) is 0 Å². The summed E-state index contributed by atoms with van der Waals surface area (Å²) in [5, 5.41) is 0. The lowest BCUT2D eigenvalue weighted by atomic mass is 9.89. The summed E-state index contributed by atoms with van der Waals surface area (Å²) in [6.45, 7) is 8.29. The molecule has 0 unspecified atom stereocenters. The fourth-order valence-electron chi connectivity index (χ4n) is 2.37. The summed E-state index contributed by atoms with van der Waals surface area (Å²) in [7, 11) is 1.75. The van der Waals surface area contributed by atoms with Gasteiger partial charge in [0, 0.05) is 20.3 Å². The van der Waals surface area contributed by atoms with Crippen LogP contribution in [0.2, 0.25) is 0 Å². The van der Waals surface area contributed by atoms with Crippen molar-refractivity contribution < 1.29 is 4.74 Å². The summed E-state index contributed by atoms with van der Waals surface area (Å²) in [4.78, 5) is 3.32. The maximum Gasteiger partial charge on any atom is 0.178 e. The molecule has 0 aliphatic heterocycles. The molecular weight excluding hydrogens is 256 g/mol. The number of fused-ring (bicyclic) bond motifs is 1. The first kappa shape index (κ1) is 14.3. The van der Waals surface area contributed by atoms with E-state index in [-0.39, 0.29) is 5.41 Å². The van der Waals surface area contributed by atoms with Crippen molar-refractivity contribution in [2.75, 3.05) is 13.7 Å². The van der Waals surface area contributed by atoms with E-state index in [1.54, 1.807) is 7.11 Å². The van der Waals surface area contributed by atoms with Crippen molar-refractivity contribution in [1.29, 1.82) is 0 Å². The molecule has 0 radical (unpaired) electrons. The molecule has 0 aliphatic rings. The van der Waals surface area contributed by atoms with Crippen LogP contribution in [-0.4, -0.2) is 23.3 Å². The number of rotatable bonds is 5. The molecule has 2 rings (SSSR count). The van der Waals surface area contributed by atoms with Gasteiger partial charge >= 0.3 is 0 Å². The second-order valence-electron chi connectivity index (χ2n) is 5.89. The van der Waals surface area contributed by atoms with E-state index < -0.39 is 0 Å². The van der Waals surface area contributed by atoms with E-state index in [2.05, 4.69) is 48.5 Å². The number of aryl methyl sites for hydroxylation is 1. The van der Waals surface area contributed by atoms with Gasteiger partial charge < -0.3 is 14.3 Å². The molecule has 3 nitrogen and oxygen atoms in total. The predicted molar refractivity (Wildman–Crippen MR) is 82.1 cm³/mol. The maximum atomic E-state index is 5.47. The van der Waals surface area contributed by atoms with E-state index in [0.717, 1.165) is 29.9 Å². The standard InChI is InChI=1S/C15H22N2OS/c1-11-6-5-7-12-13(11)16-14(19)17(12)10-15(2,3)8-9-18-4/h5-7H,8-10H2,1-4H3,(H,16,19). The highest BCUT2D eigenvalue weighted by Crippen LogP contribution is 2.26. The third-order valence-electron chi connectivity index (χ3n) is 3.59. The van der Waals surface area contributed by atoms with Crippen molar-refractivity contribution in [3.8, 4) is 0 Å². The normalized spacial score (nSPS) is 12.2. The number of para-hydroxylation sites is 1. The predicted octanol–water partition coefficient (Wildman–Crippen LogP) is 4.07. The molecular formula is C15H22N2OS. The van der Waals surface area contributed by atoms with Crippen molar-refractivity contribution in [2.24, 2.45) is 5.41 Å². The van der Waals surface area contributed by atoms with Crippen molar-refractivity contribution in [3.05, 3.63) is 28.5 Å². The van der Waals surface area contributed by atoms with Gasteiger partial charge in [0.25, 0.3) is 0 Å². The summed E-state index contributed by atoms with van der Waals surface area (Å²) in [5.74, 6) is 0. The molecule has 0 bridgehead atoms. The third-order valence-corrected chi connectivity index (χ3v) is 3.91. The van der Waals surface area contributed by atoms with Crippen LogP contribution in [-0.2, 0) is 11.3 Å². The molecule has 0 spiro atoms. The second-order valence-corrected chi connectivity index (χ2v) is 6.28. The summed E-state index contributed by atoms with van der Waals surface area (Å²) in [6, 6.07) is 6.31. The van der Waals surface area contributed by atoms with Crippen LogP contribution in [0.15, 0.2) is 18.2 Å². The van der Waals surface area contributed by atoms with Crippen LogP contribution >= 0.6 is 12.2 Å². The Kier molecular flexibility index (Phi) is 4.11. The Morgan fingerprint density at radius 2 is 2.11 bits per heavy atom. The fourth-order valence-corrected chi connectivity index (χ4v) is 2.63. The van der Waals surface area contributed by atoms with Gasteiger partial charge in [-0.25, -0.2) is 0 Å². The largest absolute Gasteiger partial charge is 0.385 e. The van der Waals surface area contributed by atoms with E-state index >= 15 is 0 Å². The number of nitrogens with one attached hydrogen (secondary N) is 1. The Hall–Kier alpha value is -1.13. The van der Waals surface area contributed by atoms with Gasteiger partial charge in [0.2, 0.25) is 0 Å². The molecule has 2 aromatic rings. The number of aromatic amines is 1. The molecule has 1 aromatic carbocycles. The first-order valence-corrected chi connectivity index (χ1v) is 7.02. The van der Waals surface area contributed by atoms with E-state index in [4.69, 9.17) is 17.0 Å². The van der Waals surface area contributed by atoms with Crippen LogP contribution in [0.1, 0.15) is 25.8 Å². The maximum absolute atomic E-state index is 5.47. The Labute approximate surface area is 119 Å². The van der Waals surface area contributed by atoms with Gasteiger partial charge in [-0.2, -0.15) is 0 Å². The number of aromatic nitrogens is 2. The van der Waals surface area contributed by atoms with Crippen molar-refractivity contribution in [3.63, 3.8) is 0 Å². The number of hydrogen-bond donors (Lipinski definition) is 1. The lowest BCUT2D eigenvalue weighted by Gasteiger charge is -2.25. The van der Waals surface area contributed by atoms with Gasteiger partial charge in [0.15, 0.2) is 4.77 Å². The Morgan fingerprint density at radius 3 is 2.79 bits per heavy atom. The average molecular weight is 278 g/mol. The van der Waals surface area contributed by atoms with E-state index in [1.165, 1.54) is 11.1 Å². The lowest BCUT2D eigenvalue weighted by molar-refractivity contribution is 0.143. The number of ether oxygens (including phenoxy) is 1. The Bertz CT molecular complexity index is 625. The number of hydrogen-bond acceptors (Lipinski definition) is 2. The van der Waals surface area contributed by atoms with Crippen LogP contribution in [0.3, 0.4) is 0 Å².